The van der Waals surface area contributed by atoms with E-state index in [1.54, 1.807) is 0 Å². The predicted octanol–water partition coefficient (Wildman–Crippen LogP) is -0.882. The van der Waals surface area contributed by atoms with E-state index >= 15 is 0 Å². The fourth-order valence-corrected chi connectivity index (χ4v) is 1.27. The zero-order valence-corrected chi connectivity index (χ0v) is 8.00. The molecular formula is C7H15NO3S. The van der Waals surface area contributed by atoms with Crippen molar-refractivity contribution < 1.29 is 15.0 Å². The number of carbonyl (C=O) groups excluding carboxylic acids is 1. The van der Waals surface area contributed by atoms with E-state index in [1.807, 2.05) is 0 Å². The molecule has 1 unspecified atom stereocenters. The number of hydrogen-bond acceptors (Lipinski definition) is 4. The van der Waals surface area contributed by atoms with Crippen LogP contribution >= 0.6 is 12.6 Å². The molecule has 2 N–H and O–H groups in total. The average molecular weight is 193 g/mol. The molecule has 0 bridgehead atoms. The maximum absolute atomic E-state index is 11.0. The summed E-state index contributed by atoms with van der Waals surface area (Å²) in [6, 6.07) is -0.294. The lowest BCUT2D eigenvalue weighted by molar-refractivity contribution is -0.132. The first kappa shape index (κ1) is 11.7. The fraction of sp³-hybridized carbons (Fsp3) is 0.857. The van der Waals surface area contributed by atoms with E-state index in [2.05, 4.69) is 12.6 Å². The molecule has 0 radical (unpaired) electrons. The van der Waals surface area contributed by atoms with Crippen molar-refractivity contribution in [3.63, 3.8) is 0 Å². The maximum atomic E-state index is 11.0. The van der Waals surface area contributed by atoms with Crippen molar-refractivity contribution in [2.75, 3.05) is 25.5 Å². The van der Waals surface area contributed by atoms with Crippen molar-refractivity contribution in [3.8, 4) is 0 Å². The van der Waals surface area contributed by atoms with Gasteiger partial charge in [0.2, 0.25) is 5.91 Å². The van der Waals surface area contributed by atoms with Crippen LogP contribution in [0.2, 0.25) is 0 Å². The van der Waals surface area contributed by atoms with Gasteiger partial charge >= 0.3 is 0 Å². The van der Waals surface area contributed by atoms with Crippen LogP contribution in [0.5, 0.6) is 0 Å². The molecule has 72 valence electrons. The highest BCUT2D eigenvalue weighted by molar-refractivity contribution is 7.80. The van der Waals surface area contributed by atoms with Gasteiger partial charge in [-0.2, -0.15) is 12.6 Å². The number of rotatable bonds is 5. The van der Waals surface area contributed by atoms with Gasteiger partial charge in [0.25, 0.3) is 0 Å². The van der Waals surface area contributed by atoms with E-state index in [9.17, 15) is 4.79 Å². The second kappa shape index (κ2) is 6.28. The Morgan fingerprint density at radius 3 is 2.42 bits per heavy atom. The molecule has 0 aliphatic carbocycles. The first-order chi connectivity index (χ1) is 5.67. The van der Waals surface area contributed by atoms with Crippen molar-refractivity contribution >= 4 is 18.5 Å². The zero-order chi connectivity index (χ0) is 9.56. The fourth-order valence-electron chi connectivity index (χ4n) is 0.960. The van der Waals surface area contributed by atoms with Crippen LogP contribution in [0.3, 0.4) is 0 Å². The molecule has 12 heavy (non-hydrogen) atoms. The van der Waals surface area contributed by atoms with Crippen LogP contribution in [0.4, 0.5) is 0 Å². The maximum Gasteiger partial charge on any atom is 0.219 e. The monoisotopic (exact) mass is 193 g/mol. The average Bonchev–Trinajstić information content (AvgIpc) is 2.05. The highest BCUT2D eigenvalue weighted by atomic mass is 32.1. The van der Waals surface area contributed by atoms with Gasteiger partial charge in [-0.15, -0.1) is 0 Å². The molecule has 1 amide bonds. The summed E-state index contributed by atoms with van der Waals surface area (Å²) in [5, 5.41) is 17.5. The minimum Gasteiger partial charge on any atom is -0.395 e. The number of aliphatic hydroxyl groups excluding tert-OH is 2. The van der Waals surface area contributed by atoms with Crippen molar-refractivity contribution in [1.29, 1.82) is 0 Å². The van der Waals surface area contributed by atoms with Crippen LogP contribution in [0, 0.1) is 0 Å². The van der Waals surface area contributed by atoms with Crippen LogP contribution in [0.1, 0.15) is 6.92 Å². The van der Waals surface area contributed by atoms with Crippen LogP contribution in [0.25, 0.3) is 0 Å². The van der Waals surface area contributed by atoms with Gasteiger partial charge in [0.15, 0.2) is 0 Å². The van der Waals surface area contributed by atoms with Crippen LogP contribution in [-0.4, -0.2) is 52.6 Å². The Labute approximate surface area is 77.6 Å². The molecule has 0 aromatic rings. The Morgan fingerprint density at radius 2 is 2.17 bits per heavy atom. The lowest BCUT2D eigenvalue weighted by atomic mass is 10.3. The smallest absolute Gasteiger partial charge is 0.219 e. The molecule has 0 aliphatic rings. The summed E-state index contributed by atoms with van der Waals surface area (Å²) in [7, 11) is 0. The number of nitrogens with zero attached hydrogens (tertiary/aromatic N) is 1. The third kappa shape index (κ3) is 3.42. The normalized spacial score (nSPS) is 12.7. The van der Waals surface area contributed by atoms with Crippen LogP contribution in [-0.2, 0) is 4.79 Å². The number of amides is 1. The number of carbonyl (C=O) groups is 1. The molecule has 0 heterocycles. The third-order valence-corrected chi connectivity index (χ3v) is 2.03. The molecule has 4 nitrogen and oxygen atoms in total. The zero-order valence-electron chi connectivity index (χ0n) is 7.10. The van der Waals surface area contributed by atoms with Gasteiger partial charge in [0.05, 0.1) is 19.3 Å². The minimum atomic E-state index is -0.294. The standard InChI is InChI=1S/C7H15NO3S/c1-6(11)8(2-3-9)7(4-10)5-12/h7,9-10,12H,2-5H2,1H3. The summed E-state index contributed by atoms with van der Waals surface area (Å²) < 4.78 is 0. The minimum absolute atomic E-state index is 0.0934. The van der Waals surface area contributed by atoms with Gasteiger partial charge in [-0.1, -0.05) is 0 Å². The molecule has 0 saturated carbocycles. The Balaban J connectivity index is 4.15. The van der Waals surface area contributed by atoms with Gasteiger partial charge in [-0.3, -0.25) is 4.79 Å². The highest BCUT2D eigenvalue weighted by Crippen LogP contribution is 2.01. The quantitative estimate of drug-likeness (QED) is 0.497. The van der Waals surface area contributed by atoms with E-state index in [-0.39, 0.29) is 31.7 Å². The van der Waals surface area contributed by atoms with E-state index in [4.69, 9.17) is 10.2 Å². The van der Waals surface area contributed by atoms with Gasteiger partial charge in [0, 0.05) is 19.2 Å². The largest absolute Gasteiger partial charge is 0.395 e. The highest BCUT2D eigenvalue weighted by Gasteiger charge is 2.17. The van der Waals surface area contributed by atoms with Crippen molar-refractivity contribution in [2.45, 2.75) is 13.0 Å². The van der Waals surface area contributed by atoms with E-state index in [0.717, 1.165) is 0 Å². The summed E-state index contributed by atoms with van der Waals surface area (Å²) >= 11 is 3.99. The molecular weight excluding hydrogens is 178 g/mol. The van der Waals surface area contributed by atoms with Gasteiger partial charge < -0.3 is 15.1 Å². The topological polar surface area (TPSA) is 60.8 Å². The first-order valence-electron chi connectivity index (χ1n) is 3.77. The molecule has 1 atom stereocenters. The summed E-state index contributed by atoms with van der Waals surface area (Å²) in [6.45, 7) is 1.44. The van der Waals surface area contributed by atoms with Gasteiger partial charge in [-0.05, 0) is 0 Å². The van der Waals surface area contributed by atoms with Gasteiger partial charge in [-0.25, -0.2) is 0 Å². The lowest BCUT2D eigenvalue weighted by Gasteiger charge is -2.27. The molecule has 0 aliphatic heterocycles. The van der Waals surface area contributed by atoms with Crippen molar-refractivity contribution in [1.82, 2.24) is 4.90 Å². The number of aliphatic hydroxyl groups is 2. The van der Waals surface area contributed by atoms with Crippen molar-refractivity contribution in [2.24, 2.45) is 0 Å². The molecule has 0 fully saturated rings. The number of thiol groups is 1. The van der Waals surface area contributed by atoms with Crippen LogP contribution in [0.15, 0.2) is 0 Å². The Morgan fingerprint density at radius 1 is 1.58 bits per heavy atom. The molecule has 5 heteroatoms. The van der Waals surface area contributed by atoms with Crippen molar-refractivity contribution in [3.05, 3.63) is 0 Å². The second-order valence-corrected chi connectivity index (χ2v) is 2.82. The Kier molecular flexibility index (Phi) is 6.14. The summed E-state index contributed by atoms with van der Waals surface area (Å²) in [6.07, 6.45) is 0. The molecule has 0 spiro atoms. The predicted molar refractivity (Wildman–Crippen MR) is 49.2 cm³/mol. The first-order valence-corrected chi connectivity index (χ1v) is 4.40. The SMILES string of the molecule is CC(=O)N(CCO)C(CO)CS. The summed E-state index contributed by atoms with van der Waals surface area (Å²) in [4.78, 5) is 12.4. The summed E-state index contributed by atoms with van der Waals surface area (Å²) in [5.41, 5.74) is 0. The molecule has 0 rings (SSSR count). The Bertz CT molecular complexity index is 139. The van der Waals surface area contributed by atoms with E-state index in [1.165, 1.54) is 11.8 Å². The molecule has 0 aromatic carbocycles. The second-order valence-electron chi connectivity index (χ2n) is 2.45. The lowest BCUT2D eigenvalue weighted by Crippen LogP contribution is -2.44. The third-order valence-electron chi connectivity index (χ3n) is 1.61. The Hall–Kier alpha value is -0.260. The number of hydrogen-bond donors (Lipinski definition) is 3. The van der Waals surface area contributed by atoms with Gasteiger partial charge in [0.1, 0.15) is 0 Å². The molecule has 0 aromatic heterocycles. The summed E-state index contributed by atoms with van der Waals surface area (Å²) in [5.74, 6) is 0.243. The van der Waals surface area contributed by atoms with E-state index < -0.39 is 0 Å². The van der Waals surface area contributed by atoms with E-state index in [0.29, 0.717) is 5.75 Å². The van der Waals surface area contributed by atoms with Crippen LogP contribution < -0.4 is 0 Å². The molecule has 0 saturated heterocycles.